The normalized spacial score (nSPS) is 16.2. The van der Waals surface area contributed by atoms with Crippen LogP contribution in [0.4, 0.5) is 4.39 Å². The number of carbonyl (C=O) groups excluding carboxylic acids is 1. The average molecular weight is 435 g/mol. The summed E-state index contributed by atoms with van der Waals surface area (Å²) >= 11 is 0. The van der Waals surface area contributed by atoms with Gasteiger partial charge in [0, 0.05) is 31.6 Å². The first-order valence-corrected chi connectivity index (χ1v) is 11.2. The fraction of sp³-hybridized carbons (Fsp3) is 0.370. The van der Waals surface area contributed by atoms with E-state index in [0.29, 0.717) is 24.4 Å². The van der Waals surface area contributed by atoms with Gasteiger partial charge in [-0.2, -0.15) is 0 Å². The van der Waals surface area contributed by atoms with Crippen molar-refractivity contribution in [1.82, 2.24) is 9.80 Å². The zero-order valence-electron chi connectivity index (χ0n) is 19.3. The Morgan fingerprint density at radius 3 is 2.09 bits per heavy atom. The number of amides is 1. The molecule has 4 rings (SSSR count). The average Bonchev–Trinajstić information content (AvgIpc) is 3.18. The third kappa shape index (κ3) is 4.63. The van der Waals surface area contributed by atoms with E-state index in [1.54, 1.807) is 0 Å². The van der Waals surface area contributed by atoms with Crippen molar-refractivity contribution in [3.05, 3.63) is 94.7 Å². The second-order valence-electron chi connectivity index (χ2n) is 9.52. The topological polar surface area (TPSA) is 36.7 Å². The molecule has 32 heavy (non-hydrogen) atoms. The molecule has 5 heteroatoms. The summed E-state index contributed by atoms with van der Waals surface area (Å²) in [6.45, 7) is 10.9. The zero-order valence-corrected chi connectivity index (χ0v) is 19.3. The predicted molar refractivity (Wildman–Crippen MR) is 124 cm³/mol. The second kappa shape index (κ2) is 8.91. The highest BCUT2D eigenvalue weighted by molar-refractivity contribution is 5.95. The first-order valence-electron chi connectivity index (χ1n) is 11.2. The van der Waals surface area contributed by atoms with E-state index in [-0.39, 0.29) is 23.2 Å². The quantitative estimate of drug-likeness (QED) is 0.538. The lowest BCUT2D eigenvalue weighted by atomic mass is 9.93. The molecule has 0 unspecified atom stereocenters. The Morgan fingerprint density at radius 2 is 1.53 bits per heavy atom. The summed E-state index contributed by atoms with van der Waals surface area (Å²) in [6, 6.07) is 18.9. The lowest BCUT2D eigenvalue weighted by molar-refractivity contribution is 0.0595. The predicted octanol–water partition coefficient (Wildman–Crippen LogP) is 5.57. The Balaban J connectivity index is 1.52. The molecule has 0 aliphatic carbocycles. The van der Waals surface area contributed by atoms with Crippen LogP contribution in [0.15, 0.2) is 65.1 Å². The van der Waals surface area contributed by atoms with Crippen molar-refractivity contribution >= 4 is 5.91 Å². The van der Waals surface area contributed by atoms with Crippen LogP contribution in [0, 0.1) is 12.7 Å². The van der Waals surface area contributed by atoms with Gasteiger partial charge in [0.2, 0.25) is 0 Å². The summed E-state index contributed by atoms with van der Waals surface area (Å²) in [7, 11) is 0. The van der Waals surface area contributed by atoms with Gasteiger partial charge in [-0.25, -0.2) is 4.39 Å². The maximum absolute atomic E-state index is 13.5. The maximum atomic E-state index is 13.5. The first kappa shape index (κ1) is 22.3. The molecule has 0 radical (unpaired) electrons. The number of carbonyl (C=O) groups is 1. The smallest absolute Gasteiger partial charge is 0.257 e. The lowest BCUT2D eigenvalue weighted by Gasteiger charge is -2.39. The minimum Gasteiger partial charge on any atom is -0.465 e. The van der Waals surface area contributed by atoms with E-state index >= 15 is 0 Å². The summed E-state index contributed by atoms with van der Waals surface area (Å²) in [5.41, 5.74) is 2.74. The molecule has 168 valence electrons. The fourth-order valence-corrected chi connectivity index (χ4v) is 4.31. The van der Waals surface area contributed by atoms with Gasteiger partial charge in [0.05, 0.1) is 11.6 Å². The Kier molecular flexibility index (Phi) is 6.20. The molecular formula is C27H31FN2O2. The molecule has 1 aromatic heterocycles. The highest BCUT2D eigenvalue weighted by atomic mass is 19.1. The molecule has 0 spiro atoms. The molecule has 0 N–H and O–H groups in total. The summed E-state index contributed by atoms with van der Waals surface area (Å²) in [4.78, 5) is 17.5. The van der Waals surface area contributed by atoms with Gasteiger partial charge in [-0.05, 0) is 36.2 Å². The Labute approximate surface area is 189 Å². The van der Waals surface area contributed by atoms with Gasteiger partial charge < -0.3 is 9.32 Å². The molecule has 2 aromatic carbocycles. The van der Waals surface area contributed by atoms with Crippen molar-refractivity contribution < 1.29 is 13.6 Å². The monoisotopic (exact) mass is 434 g/mol. The van der Waals surface area contributed by atoms with E-state index in [1.807, 2.05) is 48.2 Å². The number of piperazine rings is 1. The molecule has 1 aliphatic heterocycles. The molecule has 1 aliphatic rings. The van der Waals surface area contributed by atoms with Crippen LogP contribution < -0.4 is 0 Å². The minimum absolute atomic E-state index is 0.0252. The Bertz CT molecular complexity index is 1060. The molecule has 1 saturated heterocycles. The van der Waals surface area contributed by atoms with Crippen molar-refractivity contribution in [3.8, 4) is 0 Å². The van der Waals surface area contributed by atoms with E-state index in [4.69, 9.17) is 4.42 Å². The Hall–Kier alpha value is -2.92. The minimum atomic E-state index is -0.235. The van der Waals surface area contributed by atoms with Gasteiger partial charge in [-0.15, -0.1) is 0 Å². The number of hydrogen-bond donors (Lipinski definition) is 0. The second-order valence-corrected chi connectivity index (χ2v) is 9.52. The molecule has 2 heterocycles. The summed E-state index contributed by atoms with van der Waals surface area (Å²) in [5, 5.41) is 0. The molecule has 1 fully saturated rings. The van der Waals surface area contributed by atoms with Crippen LogP contribution in [0.2, 0.25) is 0 Å². The molecule has 3 aromatic rings. The summed E-state index contributed by atoms with van der Waals surface area (Å²) < 4.78 is 19.4. The number of furan rings is 1. The maximum Gasteiger partial charge on any atom is 0.257 e. The fourth-order valence-electron chi connectivity index (χ4n) is 4.31. The molecular weight excluding hydrogens is 403 g/mol. The van der Waals surface area contributed by atoms with Crippen LogP contribution >= 0.6 is 0 Å². The van der Waals surface area contributed by atoms with Gasteiger partial charge in [-0.3, -0.25) is 9.69 Å². The molecule has 4 nitrogen and oxygen atoms in total. The number of hydrogen-bond acceptors (Lipinski definition) is 3. The van der Waals surface area contributed by atoms with Crippen LogP contribution in [0.25, 0.3) is 0 Å². The molecule has 0 bridgehead atoms. The van der Waals surface area contributed by atoms with Crippen LogP contribution in [-0.4, -0.2) is 41.9 Å². The highest BCUT2D eigenvalue weighted by Crippen LogP contribution is 2.31. The van der Waals surface area contributed by atoms with Crippen molar-refractivity contribution in [2.24, 2.45) is 0 Å². The van der Waals surface area contributed by atoms with Crippen LogP contribution in [0.1, 0.15) is 59.8 Å². The van der Waals surface area contributed by atoms with Crippen molar-refractivity contribution in [2.75, 3.05) is 26.2 Å². The first-order chi connectivity index (χ1) is 15.2. The van der Waals surface area contributed by atoms with Crippen molar-refractivity contribution in [2.45, 2.75) is 39.2 Å². The van der Waals surface area contributed by atoms with Gasteiger partial charge >= 0.3 is 0 Å². The number of aryl methyl sites for hydroxylation is 1. The van der Waals surface area contributed by atoms with E-state index in [0.717, 1.165) is 24.4 Å². The van der Waals surface area contributed by atoms with Crippen LogP contribution in [-0.2, 0) is 5.41 Å². The summed E-state index contributed by atoms with van der Waals surface area (Å²) in [5.74, 6) is 1.30. The number of halogens is 1. The summed E-state index contributed by atoms with van der Waals surface area (Å²) in [6.07, 6.45) is 0. The third-order valence-corrected chi connectivity index (χ3v) is 6.16. The van der Waals surface area contributed by atoms with E-state index in [9.17, 15) is 9.18 Å². The number of rotatable bonds is 4. The van der Waals surface area contributed by atoms with E-state index in [1.165, 1.54) is 17.7 Å². The Morgan fingerprint density at radius 1 is 0.938 bits per heavy atom. The number of nitrogens with zero attached hydrogens (tertiary/aromatic N) is 2. The molecule has 1 atom stereocenters. The number of benzene rings is 2. The SMILES string of the molecule is Cc1oc(C(C)(C)C)cc1C(=O)N1CCN([C@@H](c2ccccc2)c2ccc(F)cc2)CC1. The largest absolute Gasteiger partial charge is 0.465 e. The van der Waals surface area contributed by atoms with Crippen molar-refractivity contribution in [3.63, 3.8) is 0 Å². The van der Waals surface area contributed by atoms with Crippen LogP contribution in [0.3, 0.4) is 0 Å². The molecule has 0 saturated carbocycles. The standard InChI is InChI=1S/C27H31FN2O2/c1-19-23(18-24(32-19)27(2,3)4)26(31)30-16-14-29(15-17-30)25(20-8-6-5-7-9-20)21-10-12-22(28)13-11-21/h5-13,18,25H,14-17H2,1-4H3/t25-/m0/s1. The van der Waals surface area contributed by atoms with Gasteiger partial charge in [-0.1, -0.05) is 63.2 Å². The van der Waals surface area contributed by atoms with Gasteiger partial charge in [0.25, 0.3) is 5.91 Å². The zero-order chi connectivity index (χ0) is 22.9. The van der Waals surface area contributed by atoms with Crippen molar-refractivity contribution in [1.29, 1.82) is 0 Å². The van der Waals surface area contributed by atoms with Gasteiger partial charge in [0.15, 0.2) is 0 Å². The van der Waals surface area contributed by atoms with E-state index < -0.39 is 0 Å². The third-order valence-electron chi connectivity index (χ3n) is 6.16. The lowest BCUT2D eigenvalue weighted by Crippen LogP contribution is -2.49. The highest BCUT2D eigenvalue weighted by Gasteiger charge is 2.31. The molecule has 1 amide bonds. The van der Waals surface area contributed by atoms with Gasteiger partial charge in [0.1, 0.15) is 17.3 Å². The van der Waals surface area contributed by atoms with Crippen LogP contribution in [0.5, 0.6) is 0 Å². The van der Waals surface area contributed by atoms with E-state index in [2.05, 4.69) is 37.8 Å².